The minimum atomic E-state index is -4.43. The first-order valence-electron chi connectivity index (χ1n) is 13.2. The molecule has 1 aliphatic carbocycles. The van der Waals surface area contributed by atoms with Gasteiger partial charge in [-0.05, 0) is 68.2 Å². The van der Waals surface area contributed by atoms with Crippen molar-refractivity contribution < 1.29 is 27.4 Å². The molecule has 2 unspecified atom stereocenters. The molecule has 2 bridgehead atoms. The Morgan fingerprint density at radius 3 is 2.45 bits per heavy atom. The van der Waals surface area contributed by atoms with E-state index < -0.39 is 17.7 Å². The zero-order valence-electron chi connectivity index (χ0n) is 21.1. The molecule has 9 heteroatoms. The number of hydrogen-bond acceptors (Lipinski definition) is 5. The average molecular weight is 526 g/mol. The van der Waals surface area contributed by atoms with Gasteiger partial charge in [-0.2, -0.15) is 13.2 Å². The topological polar surface area (TPSA) is 67.4 Å². The molecule has 4 heterocycles. The number of carbonyl (C=O) groups excluding carboxylic acids is 1. The lowest BCUT2D eigenvalue weighted by molar-refractivity contribution is -0.137. The third-order valence-electron chi connectivity index (χ3n) is 8.08. The van der Waals surface area contributed by atoms with Crippen LogP contribution in [0.15, 0.2) is 48.7 Å². The second-order valence-corrected chi connectivity index (χ2v) is 10.5. The summed E-state index contributed by atoms with van der Waals surface area (Å²) in [7, 11) is 1.34. The van der Waals surface area contributed by atoms with Crippen LogP contribution in [-0.2, 0) is 22.3 Å². The SMILES string of the molecule is COC(=O)c1cccc(N2C3CCC2CC(OCc2c(-c4ccccc4C(F)(F)F)c[nH]c2C2CC2)C3)n1. The van der Waals surface area contributed by atoms with Crippen LogP contribution in [0.1, 0.15) is 71.8 Å². The molecule has 38 heavy (non-hydrogen) atoms. The van der Waals surface area contributed by atoms with Gasteiger partial charge in [-0.3, -0.25) is 0 Å². The van der Waals surface area contributed by atoms with Crippen molar-refractivity contribution in [2.24, 2.45) is 0 Å². The van der Waals surface area contributed by atoms with Crippen LogP contribution in [0.25, 0.3) is 11.1 Å². The first-order valence-corrected chi connectivity index (χ1v) is 13.2. The van der Waals surface area contributed by atoms with Crippen LogP contribution in [-0.4, -0.2) is 41.2 Å². The summed E-state index contributed by atoms with van der Waals surface area (Å²) in [6.07, 6.45) is 2.98. The molecular weight excluding hydrogens is 495 g/mol. The van der Waals surface area contributed by atoms with Gasteiger partial charge in [-0.25, -0.2) is 9.78 Å². The van der Waals surface area contributed by atoms with E-state index in [4.69, 9.17) is 9.47 Å². The molecule has 3 aliphatic rings. The van der Waals surface area contributed by atoms with E-state index in [1.165, 1.54) is 13.2 Å². The van der Waals surface area contributed by atoms with Gasteiger partial charge >= 0.3 is 12.1 Å². The number of hydrogen-bond donors (Lipinski definition) is 1. The highest BCUT2D eigenvalue weighted by atomic mass is 19.4. The lowest BCUT2D eigenvalue weighted by Crippen LogP contribution is -2.46. The number of rotatable bonds is 7. The molecule has 1 N–H and O–H groups in total. The average Bonchev–Trinajstić information content (AvgIpc) is 3.62. The molecule has 2 aromatic heterocycles. The minimum absolute atomic E-state index is 0.000188. The van der Waals surface area contributed by atoms with Crippen LogP contribution in [0.3, 0.4) is 0 Å². The fourth-order valence-electron chi connectivity index (χ4n) is 6.19. The summed E-state index contributed by atoms with van der Waals surface area (Å²) >= 11 is 0. The highest BCUT2D eigenvalue weighted by Crippen LogP contribution is 2.46. The number of carbonyl (C=O) groups is 1. The fourth-order valence-corrected chi connectivity index (χ4v) is 6.19. The summed E-state index contributed by atoms with van der Waals surface area (Å²) < 4.78 is 52.7. The Morgan fingerprint density at radius 1 is 1.03 bits per heavy atom. The van der Waals surface area contributed by atoms with Crippen molar-refractivity contribution in [3.63, 3.8) is 0 Å². The number of nitrogens with one attached hydrogen (secondary N) is 1. The molecule has 2 aliphatic heterocycles. The van der Waals surface area contributed by atoms with Gasteiger partial charge in [0.15, 0.2) is 5.69 Å². The maximum absolute atomic E-state index is 13.8. The van der Waals surface area contributed by atoms with E-state index in [1.54, 1.807) is 24.4 Å². The number of aromatic amines is 1. The monoisotopic (exact) mass is 525 g/mol. The molecule has 1 saturated carbocycles. The summed E-state index contributed by atoms with van der Waals surface area (Å²) in [4.78, 5) is 22.1. The molecular formula is C29H30F3N3O3. The van der Waals surface area contributed by atoms with Crippen LogP contribution in [0.2, 0.25) is 0 Å². The van der Waals surface area contributed by atoms with Crippen molar-refractivity contribution in [2.45, 2.75) is 75.4 Å². The summed E-state index contributed by atoms with van der Waals surface area (Å²) in [5.41, 5.74) is 2.26. The zero-order valence-corrected chi connectivity index (χ0v) is 21.1. The van der Waals surface area contributed by atoms with Crippen molar-refractivity contribution in [3.8, 4) is 11.1 Å². The number of benzene rings is 1. The van der Waals surface area contributed by atoms with Gasteiger partial charge in [0, 0.05) is 35.1 Å². The van der Waals surface area contributed by atoms with Gasteiger partial charge in [0.1, 0.15) is 5.82 Å². The minimum Gasteiger partial charge on any atom is -0.464 e. The third kappa shape index (κ3) is 4.68. The smallest absolute Gasteiger partial charge is 0.417 e. The number of aromatic nitrogens is 2. The predicted octanol–water partition coefficient (Wildman–Crippen LogP) is 6.48. The van der Waals surface area contributed by atoms with Crippen LogP contribution in [0.4, 0.5) is 19.0 Å². The van der Waals surface area contributed by atoms with Gasteiger partial charge in [0.25, 0.3) is 0 Å². The van der Waals surface area contributed by atoms with Gasteiger partial charge in [0.2, 0.25) is 0 Å². The lowest BCUT2D eigenvalue weighted by atomic mass is 9.96. The van der Waals surface area contributed by atoms with Crippen molar-refractivity contribution in [2.75, 3.05) is 12.0 Å². The fraction of sp³-hybridized carbons (Fsp3) is 0.448. The summed E-state index contributed by atoms with van der Waals surface area (Å²) in [5.74, 6) is 0.663. The molecule has 1 aromatic carbocycles. The number of anilines is 1. The molecule has 0 spiro atoms. The summed E-state index contributed by atoms with van der Waals surface area (Å²) in [6, 6.07) is 11.6. The van der Waals surface area contributed by atoms with Crippen LogP contribution >= 0.6 is 0 Å². The quantitative estimate of drug-likeness (QED) is 0.358. The number of H-pyrrole nitrogens is 1. The van der Waals surface area contributed by atoms with Gasteiger partial charge < -0.3 is 19.4 Å². The van der Waals surface area contributed by atoms with E-state index in [-0.39, 0.29) is 36.1 Å². The van der Waals surface area contributed by atoms with Gasteiger partial charge in [0.05, 0.1) is 25.4 Å². The number of esters is 1. The Kier molecular flexibility index (Phi) is 6.42. The largest absolute Gasteiger partial charge is 0.464 e. The number of ether oxygens (including phenoxy) is 2. The number of fused-ring (bicyclic) bond motifs is 2. The second-order valence-electron chi connectivity index (χ2n) is 10.5. The van der Waals surface area contributed by atoms with Crippen molar-refractivity contribution in [3.05, 3.63) is 71.2 Å². The van der Waals surface area contributed by atoms with Gasteiger partial charge in [-0.15, -0.1) is 0 Å². The maximum atomic E-state index is 13.8. The first-order chi connectivity index (χ1) is 18.3. The van der Waals surface area contributed by atoms with Crippen molar-refractivity contribution >= 4 is 11.8 Å². The number of pyridine rings is 1. The number of nitrogens with zero attached hydrogens (tertiary/aromatic N) is 2. The molecule has 0 radical (unpaired) electrons. The highest BCUT2D eigenvalue weighted by molar-refractivity contribution is 5.87. The third-order valence-corrected chi connectivity index (χ3v) is 8.08. The number of alkyl halides is 3. The number of piperidine rings is 1. The van der Waals surface area contributed by atoms with Crippen molar-refractivity contribution in [1.29, 1.82) is 0 Å². The van der Waals surface area contributed by atoms with E-state index in [1.807, 2.05) is 12.1 Å². The van der Waals surface area contributed by atoms with Gasteiger partial charge in [-0.1, -0.05) is 24.3 Å². The molecule has 3 fully saturated rings. The van der Waals surface area contributed by atoms with E-state index in [0.29, 0.717) is 11.5 Å². The van der Waals surface area contributed by atoms with E-state index in [2.05, 4.69) is 14.9 Å². The molecule has 0 amide bonds. The summed E-state index contributed by atoms with van der Waals surface area (Å²) in [6.45, 7) is 0.275. The van der Waals surface area contributed by atoms with E-state index in [0.717, 1.165) is 61.7 Å². The normalized spacial score (nSPS) is 23.1. The molecule has 3 aromatic rings. The van der Waals surface area contributed by atoms with Crippen LogP contribution in [0, 0.1) is 0 Å². The highest BCUT2D eigenvalue weighted by Gasteiger charge is 2.42. The van der Waals surface area contributed by atoms with E-state index in [9.17, 15) is 18.0 Å². The standard InChI is InChI=1S/C29H30F3N3O3/c1-37-28(36)25-7-4-8-26(34-25)35-18-11-12-19(35)14-20(13-18)38-16-23-22(15-33-27(23)17-9-10-17)21-5-2-3-6-24(21)29(30,31)32/h2-8,15,17-20,33H,9-14,16H2,1H3. The lowest BCUT2D eigenvalue weighted by Gasteiger charge is -2.39. The predicted molar refractivity (Wildman–Crippen MR) is 136 cm³/mol. The molecule has 2 atom stereocenters. The van der Waals surface area contributed by atoms with Crippen molar-refractivity contribution in [1.82, 2.24) is 9.97 Å². The Balaban J connectivity index is 1.21. The van der Waals surface area contributed by atoms with Crippen LogP contribution < -0.4 is 4.90 Å². The van der Waals surface area contributed by atoms with E-state index >= 15 is 0 Å². The maximum Gasteiger partial charge on any atom is 0.417 e. The Labute approximate surface area is 219 Å². The molecule has 6 nitrogen and oxygen atoms in total. The second kappa shape index (κ2) is 9.76. The molecule has 6 rings (SSSR count). The first kappa shape index (κ1) is 25.0. The number of methoxy groups -OCH3 is 1. The summed E-state index contributed by atoms with van der Waals surface area (Å²) in [5, 5.41) is 0. The number of halogens is 3. The Hall–Kier alpha value is -3.33. The van der Waals surface area contributed by atoms with Crippen LogP contribution in [0.5, 0.6) is 0 Å². The molecule has 2 saturated heterocycles. The Morgan fingerprint density at radius 2 is 1.76 bits per heavy atom. The molecule has 200 valence electrons. The Bertz CT molecular complexity index is 1320. The zero-order chi connectivity index (χ0) is 26.4.